The minimum atomic E-state index is -2.56. The molecule has 0 radical (unpaired) electrons. The molecule has 1 aromatic rings. The summed E-state index contributed by atoms with van der Waals surface area (Å²) >= 11 is 0. The van der Waals surface area contributed by atoms with Crippen LogP contribution in [0.4, 0.5) is 8.78 Å². The van der Waals surface area contributed by atoms with E-state index in [1.807, 2.05) is 0 Å². The third kappa shape index (κ3) is 2.43. The summed E-state index contributed by atoms with van der Waals surface area (Å²) in [5.41, 5.74) is 5.68. The average Bonchev–Trinajstić information content (AvgIpc) is 2.16. The molecule has 0 atom stereocenters. The second-order valence-corrected chi connectivity index (χ2v) is 2.55. The minimum absolute atomic E-state index is 0.0908. The summed E-state index contributed by atoms with van der Waals surface area (Å²) in [5, 5.41) is 8.72. The Balaban J connectivity index is 3.07. The van der Waals surface area contributed by atoms with E-state index in [1.54, 1.807) is 0 Å². The molecule has 3 N–H and O–H groups in total. The van der Waals surface area contributed by atoms with Gasteiger partial charge < -0.3 is 10.8 Å². The molecule has 72 valence electrons. The van der Waals surface area contributed by atoms with Gasteiger partial charge in [-0.15, -0.1) is 0 Å². The van der Waals surface area contributed by atoms with Crippen molar-refractivity contribution in [2.45, 2.75) is 19.6 Å². The van der Waals surface area contributed by atoms with Gasteiger partial charge in [-0.1, -0.05) is 0 Å². The fourth-order valence-corrected chi connectivity index (χ4v) is 0.987. The van der Waals surface area contributed by atoms with E-state index in [2.05, 4.69) is 4.98 Å². The van der Waals surface area contributed by atoms with E-state index in [-0.39, 0.29) is 24.4 Å². The Morgan fingerprint density at radius 2 is 2.00 bits per heavy atom. The van der Waals surface area contributed by atoms with Crippen LogP contribution in [-0.2, 0) is 13.2 Å². The third-order valence-corrected chi connectivity index (χ3v) is 1.58. The van der Waals surface area contributed by atoms with E-state index in [9.17, 15) is 8.78 Å². The lowest BCUT2D eigenvalue weighted by molar-refractivity contribution is 0.150. The molecule has 5 heteroatoms. The standard InChI is InChI=1S/C8H10F2N2O/c9-8(10)5-1-6(3-11)12-7(2-5)4-13/h1-2,8,13H,3-4,11H2. The van der Waals surface area contributed by atoms with E-state index < -0.39 is 6.43 Å². The van der Waals surface area contributed by atoms with Crippen LogP contribution in [0.1, 0.15) is 23.4 Å². The molecule has 1 rings (SSSR count). The first-order valence-electron chi connectivity index (χ1n) is 3.76. The van der Waals surface area contributed by atoms with Gasteiger partial charge in [0.2, 0.25) is 0 Å². The zero-order chi connectivity index (χ0) is 9.84. The molecular weight excluding hydrogens is 178 g/mol. The van der Waals surface area contributed by atoms with E-state index >= 15 is 0 Å². The first-order chi connectivity index (χ1) is 6.17. The van der Waals surface area contributed by atoms with Gasteiger partial charge in [-0.25, -0.2) is 8.78 Å². The number of halogens is 2. The molecule has 1 aromatic heterocycles. The van der Waals surface area contributed by atoms with Crippen LogP contribution in [0.25, 0.3) is 0 Å². The number of nitrogens with two attached hydrogens (primary N) is 1. The van der Waals surface area contributed by atoms with Crippen LogP contribution in [0.15, 0.2) is 12.1 Å². The maximum atomic E-state index is 12.2. The van der Waals surface area contributed by atoms with Crippen molar-refractivity contribution in [1.82, 2.24) is 4.98 Å². The van der Waals surface area contributed by atoms with Crippen LogP contribution >= 0.6 is 0 Å². The number of alkyl halides is 2. The summed E-state index contributed by atoms with van der Waals surface area (Å²) in [6, 6.07) is 2.41. The summed E-state index contributed by atoms with van der Waals surface area (Å²) in [7, 11) is 0. The van der Waals surface area contributed by atoms with Crippen molar-refractivity contribution < 1.29 is 13.9 Å². The van der Waals surface area contributed by atoms with Crippen LogP contribution in [0.5, 0.6) is 0 Å². The molecule has 0 fully saturated rings. The van der Waals surface area contributed by atoms with Gasteiger partial charge in [0.1, 0.15) is 0 Å². The molecule has 1 heterocycles. The molecule has 0 saturated heterocycles. The quantitative estimate of drug-likeness (QED) is 0.743. The molecular formula is C8H10F2N2O. The first kappa shape index (κ1) is 10.0. The predicted octanol–water partition coefficient (Wildman–Crippen LogP) is 0.970. The van der Waals surface area contributed by atoms with Crippen molar-refractivity contribution in [2.24, 2.45) is 5.73 Å². The maximum absolute atomic E-state index is 12.2. The van der Waals surface area contributed by atoms with Crippen LogP contribution in [-0.4, -0.2) is 10.1 Å². The zero-order valence-electron chi connectivity index (χ0n) is 6.87. The fraction of sp³-hybridized carbons (Fsp3) is 0.375. The number of hydrogen-bond acceptors (Lipinski definition) is 3. The van der Waals surface area contributed by atoms with Crippen molar-refractivity contribution in [3.05, 3.63) is 29.1 Å². The molecule has 3 nitrogen and oxygen atoms in total. The van der Waals surface area contributed by atoms with Crippen molar-refractivity contribution in [2.75, 3.05) is 0 Å². The highest BCUT2D eigenvalue weighted by molar-refractivity contribution is 5.22. The number of aliphatic hydroxyl groups excluding tert-OH is 1. The number of hydrogen-bond donors (Lipinski definition) is 2. The fourth-order valence-electron chi connectivity index (χ4n) is 0.987. The minimum Gasteiger partial charge on any atom is -0.390 e. The smallest absolute Gasteiger partial charge is 0.263 e. The van der Waals surface area contributed by atoms with E-state index in [4.69, 9.17) is 10.8 Å². The lowest BCUT2D eigenvalue weighted by Gasteiger charge is -2.04. The molecule has 0 aromatic carbocycles. The third-order valence-electron chi connectivity index (χ3n) is 1.58. The first-order valence-corrected chi connectivity index (χ1v) is 3.76. The summed E-state index contributed by atoms with van der Waals surface area (Å²) in [6.45, 7) is -0.263. The Bertz CT molecular complexity index is 269. The predicted molar refractivity (Wildman–Crippen MR) is 43.0 cm³/mol. The van der Waals surface area contributed by atoms with Crippen LogP contribution in [0.2, 0.25) is 0 Å². The number of aromatic nitrogens is 1. The average molecular weight is 188 g/mol. The molecule has 0 aliphatic rings. The summed E-state index contributed by atoms with van der Waals surface area (Å²) in [4.78, 5) is 3.84. The lowest BCUT2D eigenvalue weighted by Crippen LogP contribution is -2.04. The summed E-state index contributed by atoms with van der Waals surface area (Å²) in [6.07, 6.45) is -2.56. The number of aliphatic hydroxyl groups is 1. The van der Waals surface area contributed by atoms with Crippen molar-refractivity contribution in [3.63, 3.8) is 0 Å². The van der Waals surface area contributed by atoms with Gasteiger partial charge in [0.15, 0.2) is 0 Å². The molecule has 0 bridgehead atoms. The van der Waals surface area contributed by atoms with Gasteiger partial charge in [0, 0.05) is 12.1 Å². The van der Waals surface area contributed by atoms with Crippen LogP contribution < -0.4 is 5.73 Å². The van der Waals surface area contributed by atoms with Gasteiger partial charge >= 0.3 is 0 Å². The number of rotatable bonds is 3. The molecule has 0 aliphatic heterocycles. The lowest BCUT2D eigenvalue weighted by atomic mass is 10.2. The Hall–Kier alpha value is -1.07. The van der Waals surface area contributed by atoms with Crippen molar-refractivity contribution in [1.29, 1.82) is 0 Å². The summed E-state index contributed by atoms with van der Waals surface area (Å²) in [5.74, 6) is 0. The van der Waals surface area contributed by atoms with Gasteiger partial charge in [-0.2, -0.15) is 0 Å². The normalized spacial score (nSPS) is 10.8. The second kappa shape index (κ2) is 4.25. The second-order valence-electron chi connectivity index (χ2n) is 2.55. The van der Waals surface area contributed by atoms with E-state index in [1.165, 1.54) is 12.1 Å². The Morgan fingerprint density at radius 3 is 2.46 bits per heavy atom. The van der Waals surface area contributed by atoms with Crippen LogP contribution in [0.3, 0.4) is 0 Å². The van der Waals surface area contributed by atoms with Gasteiger partial charge in [-0.05, 0) is 12.1 Å². The number of pyridine rings is 1. The van der Waals surface area contributed by atoms with Gasteiger partial charge in [0.05, 0.1) is 18.0 Å². The maximum Gasteiger partial charge on any atom is 0.263 e. The Morgan fingerprint density at radius 1 is 1.38 bits per heavy atom. The molecule has 0 unspecified atom stereocenters. The van der Waals surface area contributed by atoms with Crippen molar-refractivity contribution >= 4 is 0 Å². The monoisotopic (exact) mass is 188 g/mol. The molecule has 0 spiro atoms. The van der Waals surface area contributed by atoms with E-state index in [0.717, 1.165) is 0 Å². The largest absolute Gasteiger partial charge is 0.390 e. The number of nitrogens with zero attached hydrogens (tertiary/aromatic N) is 1. The van der Waals surface area contributed by atoms with E-state index in [0.29, 0.717) is 5.69 Å². The molecule has 0 aliphatic carbocycles. The summed E-state index contributed by atoms with van der Waals surface area (Å²) < 4.78 is 24.5. The SMILES string of the molecule is NCc1cc(C(F)F)cc(CO)n1. The zero-order valence-corrected chi connectivity index (χ0v) is 6.87. The topological polar surface area (TPSA) is 59.1 Å². The van der Waals surface area contributed by atoms with Crippen molar-refractivity contribution in [3.8, 4) is 0 Å². The van der Waals surface area contributed by atoms with Crippen LogP contribution in [0, 0.1) is 0 Å². The Kier molecular flexibility index (Phi) is 3.27. The Labute approximate surface area is 74.2 Å². The highest BCUT2D eigenvalue weighted by Crippen LogP contribution is 2.19. The highest BCUT2D eigenvalue weighted by atomic mass is 19.3. The molecule has 0 saturated carbocycles. The van der Waals surface area contributed by atoms with Gasteiger partial charge in [-0.3, -0.25) is 4.98 Å². The highest BCUT2D eigenvalue weighted by Gasteiger charge is 2.09. The molecule has 13 heavy (non-hydrogen) atoms. The molecule has 0 amide bonds. The van der Waals surface area contributed by atoms with Gasteiger partial charge in [0.25, 0.3) is 6.43 Å².